The van der Waals surface area contributed by atoms with E-state index in [4.69, 9.17) is 70.5 Å². The van der Waals surface area contributed by atoms with Crippen molar-refractivity contribution in [3.63, 3.8) is 0 Å². The zero-order valence-electron chi connectivity index (χ0n) is 39.3. The minimum atomic E-state index is -4.92. The van der Waals surface area contributed by atoms with E-state index in [9.17, 15) is 38.9 Å². The smallest absolute Gasteiger partial charge is 0.376 e. The van der Waals surface area contributed by atoms with Crippen LogP contribution < -0.4 is 0 Å². The predicted octanol–water partition coefficient (Wildman–Crippen LogP) is 0.620. The van der Waals surface area contributed by atoms with Crippen molar-refractivity contribution in [1.82, 2.24) is 0 Å². The molecule has 398 valence electrons. The minimum absolute atomic E-state index is 0.107. The minimum Gasteiger partial charge on any atom is -0.376 e. The first-order valence-corrected chi connectivity index (χ1v) is 26.5. The molecule has 0 saturated carbocycles. The van der Waals surface area contributed by atoms with Crippen LogP contribution in [0.25, 0.3) is 0 Å². The Morgan fingerprint density at radius 3 is 1.62 bits per heavy atom. The summed E-state index contributed by atoms with van der Waals surface area (Å²) in [5, 5.41) is 0. The first-order valence-electron chi connectivity index (χ1n) is 22.4. The monoisotopic (exact) mass is 1050 g/mol. The van der Waals surface area contributed by atoms with Crippen molar-refractivity contribution >= 4 is 31.2 Å². The Morgan fingerprint density at radius 1 is 0.515 bits per heavy atom. The van der Waals surface area contributed by atoms with E-state index in [1.807, 2.05) is 34.6 Å². The first-order chi connectivity index (χ1) is 32.0. The van der Waals surface area contributed by atoms with Gasteiger partial charge in [0.2, 0.25) is 0 Å². The first kappa shape index (κ1) is 56.3. The molecular formula is C39H68O26S3. The van der Waals surface area contributed by atoms with E-state index < -0.39 is 168 Å². The van der Waals surface area contributed by atoms with Crippen molar-refractivity contribution in [3.05, 3.63) is 0 Å². The zero-order chi connectivity index (χ0) is 49.9. The molecule has 2 bridgehead atoms. The number of hydrogen-bond acceptors (Lipinski definition) is 23. The second-order valence-corrected chi connectivity index (χ2v) is 21.1. The maximum atomic E-state index is 11.8. The zero-order valence-corrected chi connectivity index (χ0v) is 41.8. The molecule has 7 aliphatic heterocycles. The summed E-state index contributed by atoms with van der Waals surface area (Å²) in [6.07, 6.45) is -14.2. The van der Waals surface area contributed by atoms with Gasteiger partial charge in [0.1, 0.15) is 54.9 Å². The molecule has 0 aromatic rings. The van der Waals surface area contributed by atoms with Gasteiger partial charge in [0.15, 0.2) is 25.2 Å². The fraction of sp³-hybridized carbons (Fsp3) is 1.00. The lowest BCUT2D eigenvalue weighted by atomic mass is 9.87. The van der Waals surface area contributed by atoms with Crippen LogP contribution in [0, 0.1) is 17.8 Å². The van der Waals surface area contributed by atoms with Crippen molar-refractivity contribution in [1.29, 1.82) is 0 Å². The molecule has 7 heterocycles. The van der Waals surface area contributed by atoms with E-state index in [1.54, 1.807) is 0 Å². The van der Waals surface area contributed by atoms with Gasteiger partial charge in [0, 0.05) is 46.7 Å². The van der Waals surface area contributed by atoms with Gasteiger partial charge in [0.05, 0.1) is 63.1 Å². The second-order valence-electron chi connectivity index (χ2n) is 17.8. The predicted molar refractivity (Wildman–Crippen MR) is 226 cm³/mol. The molecule has 0 spiro atoms. The van der Waals surface area contributed by atoms with Crippen molar-refractivity contribution < 1.29 is 118 Å². The van der Waals surface area contributed by atoms with Crippen LogP contribution in [0.4, 0.5) is 0 Å². The third-order valence-electron chi connectivity index (χ3n) is 13.3. The van der Waals surface area contributed by atoms with Crippen molar-refractivity contribution in [2.45, 2.75) is 177 Å². The molecule has 3 N–H and O–H groups in total. The number of methoxy groups -OCH3 is 4. The highest BCUT2D eigenvalue weighted by molar-refractivity contribution is 7.81. The lowest BCUT2D eigenvalue weighted by Crippen LogP contribution is -2.65. The summed E-state index contributed by atoms with van der Waals surface area (Å²) in [4.78, 5) is 0. The highest BCUT2D eigenvalue weighted by Gasteiger charge is 2.55. The number of fused-ring (bicyclic) bond motifs is 3. The average Bonchev–Trinajstić information content (AvgIpc) is 3.26. The molecule has 26 nitrogen and oxygen atoms in total. The molecule has 0 aliphatic carbocycles. The maximum Gasteiger partial charge on any atom is 0.397 e. The van der Waals surface area contributed by atoms with E-state index >= 15 is 0 Å². The molecule has 0 radical (unpaired) electrons. The average molecular weight is 1050 g/mol. The maximum absolute atomic E-state index is 11.8. The Hall–Kier alpha value is -0.950. The molecule has 68 heavy (non-hydrogen) atoms. The van der Waals surface area contributed by atoms with E-state index in [-0.39, 0.29) is 37.4 Å². The Labute approximate surface area is 397 Å². The second kappa shape index (κ2) is 23.9. The Balaban J connectivity index is 1.11. The standard InChI is InChI=1S/C39H68O26S3/c1-10-22-30(65-39-36(52-9)35(51-8)34(50-7)27(62-39)17-56-68(46,47)48)20(4)32(49-6)37(59-22)60-23-11-12-28(58-24(23)15-54-66(40,41)42)63-31-21(5)33-38(61-25(31)14-53-33)64-29-18(2)13-19(3)57-26(29)16-55-67(43,44)45/h18-39H,10-17H2,1-9H3,(H,40,41,42)(H,43,44,45)(H,46,47,48)/t18-,19-,20+,21+,22?,23+,24?,25?,26?,27?,28+,29+,30+,31-,32?,33?,34-,35+,36?,37+,38+,39+/m1/s1. The van der Waals surface area contributed by atoms with Crippen LogP contribution in [0.5, 0.6) is 0 Å². The van der Waals surface area contributed by atoms with E-state index in [1.165, 1.54) is 28.4 Å². The summed E-state index contributed by atoms with van der Waals surface area (Å²) in [5.74, 6) is -0.928. The van der Waals surface area contributed by atoms with Gasteiger partial charge in [-0.3, -0.25) is 13.7 Å². The summed E-state index contributed by atoms with van der Waals surface area (Å²) in [6.45, 7) is 7.75. The number of rotatable bonds is 22. The molecule has 7 rings (SSSR count). The molecule has 7 aliphatic rings. The van der Waals surface area contributed by atoms with Crippen LogP contribution in [0.3, 0.4) is 0 Å². The molecule has 0 aromatic heterocycles. The summed E-state index contributed by atoms with van der Waals surface area (Å²) >= 11 is 0. The molecular weight excluding hydrogens is 981 g/mol. The lowest BCUT2D eigenvalue weighted by Gasteiger charge is -2.52. The molecule has 22 atom stereocenters. The fourth-order valence-electron chi connectivity index (χ4n) is 10.2. The van der Waals surface area contributed by atoms with E-state index in [0.717, 1.165) is 0 Å². The molecule has 0 amide bonds. The van der Waals surface area contributed by atoms with Gasteiger partial charge in [0.25, 0.3) is 0 Å². The summed E-state index contributed by atoms with van der Waals surface area (Å²) < 4.78 is 198. The highest BCUT2D eigenvalue weighted by Crippen LogP contribution is 2.42. The quantitative estimate of drug-likeness (QED) is 0.125. The third kappa shape index (κ3) is 14.2. The van der Waals surface area contributed by atoms with E-state index in [2.05, 4.69) is 8.37 Å². The summed E-state index contributed by atoms with van der Waals surface area (Å²) in [6, 6.07) is 0. The van der Waals surface area contributed by atoms with Gasteiger partial charge in [-0.2, -0.15) is 25.3 Å². The largest absolute Gasteiger partial charge is 0.397 e. The Morgan fingerprint density at radius 2 is 1.06 bits per heavy atom. The fourth-order valence-corrected chi connectivity index (χ4v) is 11.1. The molecule has 0 aromatic carbocycles. The van der Waals surface area contributed by atoms with Crippen LogP contribution in [-0.2, 0) is 110 Å². The van der Waals surface area contributed by atoms with Gasteiger partial charge in [-0.1, -0.05) is 27.7 Å². The topological polar surface area (TPSA) is 320 Å². The summed E-state index contributed by atoms with van der Waals surface area (Å²) in [7, 11) is -8.85. The number of hydrogen-bond donors (Lipinski definition) is 3. The van der Waals surface area contributed by atoms with Gasteiger partial charge >= 0.3 is 31.2 Å². The van der Waals surface area contributed by atoms with Gasteiger partial charge in [-0.15, -0.1) is 0 Å². The van der Waals surface area contributed by atoms with Crippen molar-refractivity contribution in [3.8, 4) is 0 Å². The van der Waals surface area contributed by atoms with Crippen LogP contribution >= 0.6 is 0 Å². The third-order valence-corrected chi connectivity index (χ3v) is 14.6. The Kier molecular flexibility index (Phi) is 19.8. The number of ether oxygens (including phenoxy) is 14. The molecule has 7 saturated heterocycles. The molecule has 8 unspecified atom stereocenters. The lowest BCUT2D eigenvalue weighted by molar-refractivity contribution is -0.386. The van der Waals surface area contributed by atoms with E-state index in [0.29, 0.717) is 12.8 Å². The van der Waals surface area contributed by atoms with Crippen LogP contribution in [-0.4, -0.2) is 210 Å². The van der Waals surface area contributed by atoms with Gasteiger partial charge < -0.3 is 66.3 Å². The van der Waals surface area contributed by atoms with Crippen LogP contribution in [0.15, 0.2) is 0 Å². The van der Waals surface area contributed by atoms with Crippen molar-refractivity contribution in [2.75, 3.05) is 54.9 Å². The van der Waals surface area contributed by atoms with Crippen LogP contribution in [0.1, 0.15) is 60.3 Å². The SMILES string of the molecule is CCC1O[C@@H](O[C@H]2CC[C@H](O[C@H]3C4COC([C@H](O[C@@H]5C(COS(=O)(=O)O)O[C@H](C)C[C@H]5C)O4)[C@H]3C)OC2COS(=O)(=O)O)C(OC)[C@@H](C)[C@@H]1O[C@@H]1OC(COS(=O)(=O)O)[C@@H](OC)[C@H](OC)C1OC. The van der Waals surface area contributed by atoms with Crippen molar-refractivity contribution in [2.24, 2.45) is 17.8 Å². The summed E-state index contributed by atoms with van der Waals surface area (Å²) in [5.41, 5.74) is 0. The molecule has 7 fully saturated rings. The van der Waals surface area contributed by atoms with Crippen LogP contribution in [0.2, 0.25) is 0 Å². The Bertz CT molecular complexity index is 1930. The highest BCUT2D eigenvalue weighted by atomic mass is 32.3. The molecule has 29 heteroatoms. The normalized spacial score (nSPS) is 43.9. The van der Waals surface area contributed by atoms with Gasteiger partial charge in [-0.05, 0) is 32.1 Å². The van der Waals surface area contributed by atoms with Gasteiger partial charge in [-0.25, -0.2) is 12.5 Å².